The molecule has 1 amide bonds. The highest BCUT2D eigenvalue weighted by Gasteiger charge is 2.40. The number of carboxylic acids is 1. The number of methoxy groups -OCH3 is 1. The van der Waals surface area contributed by atoms with Crippen molar-refractivity contribution in [2.45, 2.75) is 12.4 Å². The lowest BCUT2D eigenvalue weighted by atomic mass is 10.0. The zero-order chi connectivity index (χ0) is 28.1. The second-order valence-electron chi connectivity index (χ2n) is 7.22. The normalized spacial score (nSPS) is 13.9. The van der Waals surface area contributed by atoms with Crippen LogP contribution in [0.5, 0.6) is 5.75 Å². The van der Waals surface area contributed by atoms with Crippen LogP contribution in [0.25, 0.3) is 0 Å². The van der Waals surface area contributed by atoms with Crippen LogP contribution in [-0.2, 0) is 17.1 Å². The van der Waals surface area contributed by atoms with E-state index in [1.165, 1.54) is 4.90 Å². The molecule has 1 heterocycles. The number of halogens is 7. The van der Waals surface area contributed by atoms with E-state index in [-0.39, 0.29) is 26.3 Å². The van der Waals surface area contributed by atoms with Crippen LogP contribution in [0.3, 0.4) is 0 Å². The average molecular weight is 542 g/mol. The Balaban J connectivity index is 0.000000294. The van der Waals surface area contributed by atoms with Crippen molar-refractivity contribution >= 4 is 17.6 Å². The first-order chi connectivity index (χ1) is 17.1. The molecule has 1 saturated heterocycles. The molecule has 1 fully saturated rings. The number of nitrogens with zero attached hydrogens (tertiary/aromatic N) is 2. The number of rotatable bonds is 4. The van der Waals surface area contributed by atoms with Gasteiger partial charge in [0.15, 0.2) is 5.75 Å². The Bertz CT molecular complexity index is 1180. The molecule has 9 nitrogen and oxygen atoms in total. The summed E-state index contributed by atoms with van der Waals surface area (Å²) in [5, 5.41) is 19.3. The van der Waals surface area contributed by atoms with E-state index in [4.69, 9.17) is 14.6 Å². The predicted octanol–water partition coefficient (Wildman–Crippen LogP) is 4.64. The lowest BCUT2D eigenvalue weighted by Gasteiger charge is -2.28. The molecule has 0 bridgehead atoms. The zero-order valence-corrected chi connectivity index (χ0v) is 18.7. The molecule has 1 aliphatic rings. The third-order valence-corrected chi connectivity index (χ3v) is 4.87. The van der Waals surface area contributed by atoms with Gasteiger partial charge in [-0.25, -0.2) is 9.18 Å². The van der Waals surface area contributed by atoms with Crippen molar-refractivity contribution in [1.29, 1.82) is 0 Å². The fourth-order valence-electron chi connectivity index (χ4n) is 3.16. The van der Waals surface area contributed by atoms with Crippen molar-refractivity contribution in [3.05, 3.63) is 68.5 Å². The van der Waals surface area contributed by atoms with E-state index >= 15 is 0 Å². The van der Waals surface area contributed by atoms with Crippen LogP contribution in [-0.4, -0.2) is 60.2 Å². The van der Waals surface area contributed by atoms with Gasteiger partial charge in [0.25, 0.3) is 5.91 Å². The topological polar surface area (TPSA) is 119 Å². The predicted molar refractivity (Wildman–Crippen MR) is 110 cm³/mol. The molecular weight excluding hydrogens is 525 g/mol. The minimum atomic E-state index is -4.91. The van der Waals surface area contributed by atoms with Gasteiger partial charge in [-0.15, -0.1) is 0 Å². The summed E-state index contributed by atoms with van der Waals surface area (Å²) < 4.78 is 98.3. The third kappa shape index (κ3) is 7.28. The standard InChI is InChI=1S/C13H13F3N2O5.C8H4F4O2/c1-22-11-6-8(12(19)17-2-4-23-5-3-17)9(13(14,15)16)7-10(11)18(20)21;9-4-1-2-6(8(10,11)12)5(3-4)7(13)14/h6-7H,2-5H2,1H3;1-3H,(H,13,14). The minimum absolute atomic E-state index is 0.148. The molecule has 37 heavy (non-hydrogen) atoms. The number of hydrogen-bond acceptors (Lipinski definition) is 6. The highest BCUT2D eigenvalue weighted by Crippen LogP contribution is 2.39. The number of hydrogen-bond donors (Lipinski definition) is 1. The van der Waals surface area contributed by atoms with Crippen LogP contribution < -0.4 is 4.74 Å². The molecule has 2 aromatic carbocycles. The van der Waals surface area contributed by atoms with Crippen LogP contribution >= 0.6 is 0 Å². The fraction of sp³-hybridized carbons (Fsp3) is 0.333. The summed E-state index contributed by atoms with van der Waals surface area (Å²) in [6, 6.07) is 2.39. The van der Waals surface area contributed by atoms with Gasteiger partial charge in [0, 0.05) is 25.2 Å². The second kappa shape index (κ2) is 11.4. The van der Waals surface area contributed by atoms with Crippen molar-refractivity contribution in [1.82, 2.24) is 4.90 Å². The van der Waals surface area contributed by atoms with E-state index in [0.717, 1.165) is 13.2 Å². The van der Waals surface area contributed by atoms with Gasteiger partial charge < -0.3 is 19.5 Å². The van der Waals surface area contributed by atoms with Gasteiger partial charge in [0.05, 0.1) is 47.5 Å². The molecule has 0 atom stereocenters. The van der Waals surface area contributed by atoms with E-state index in [0.29, 0.717) is 24.3 Å². The van der Waals surface area contributed by atoms with Crippen molar-refractivity contribution in [2.24, 2.45) is 0 Å². The molecule has 1 aliphatic heterocycles. The lowest BCUT2D eigenvalue weighted by molar-refractivity contribution is -0.386. The van der Waals surface area contributed by atoms with E-state index in [1.807, 2.05) is 0 Å². The summed E-state index contributed by atoms with van der Waals surface area (Å²) in [6.45, 7) is 0.735. The number of nitro benzene ring substituents is 1. The molecule has 0 aromatic heterocycles. The number of amides is 1. The number of ether oxygens (including phenoxy) is 2. The van der Waals surface area contributed by atoms with Gasteiger partial charge in [0.2, 0.25) is 0 Å². The molecule has 0 radical (unpaired) electrons. The van der Waals surface area contributed by atoms with Gasteiger partial charge in [-0.1, -0.05) is 0 Å². The maximum atomic E-state index is 13.2. The molecule has 16 heteroatoms. The lowest BCUT2D eigenvalue weighted by Crippen LogP contribution is -2.41. The van der Waals surface area contributed by atoms with Crippen LogP contribution in [0, 0.1) is 15.9 Å². The summed E-state index contributed by atoms with van der Waals surface area (Å²) in [7, 11) is 1.08. The molecule has 202 valence electrons. The maximum absolute atomic E-state index is 13.2. The van der Waals surface area contributed by atoms with Crippen LogP contribution in [0.4, 0.5) is 36.4 Å². The van der Waals surface area contributed by atoms with Crippen LogP contribution in [0.15, 0.2) is 30.3 Å². The third-order valence-electron chi connectivity index (χ3n) is 4.87. The summed E-state index contributed by atoms with van der Waals surface area (Å²) in [5.74, 6) is -4.10. The van der Waals surface area contributed by atoms with E-state index in [9.17, 15) is 50.4 Å². The quantitative estimate of drug-likeness (QED) is 0.340. The Morgan fingerprint density at radius 3 is 2.03 bits per heavy atom. The molecule has 0 aliphatic carbocycles. The first kappa shape index (κ1) is 29.3. The number of carbonyl (C=O) groups is 2. The summed E-state index contributed by atoms with van der Waals surface area (Å²) >= 11 is 0. The molecule has 0 spiro atoms. The van der Waals surface area contributed by atoms with Crippen molar-refractivity contribution in [3.8, 4) is 5.75 Å². The Morgan fingerprint density at radius 2 is 1.57 bits per heavy atom. The first-order valence-corrected chi connectivity index (χ1v) is 9.98. The Labute approximate surface area is 203 Å². The van der Waals surface area contributed by atoms with Crippen molar-refractivity contribution in [3.63, 3.8) is 0 Å². The maximum Gasteiger partial charge on any atom is 0.417 e. The number of alkyl halides is 6. The summed E-state index contributed by atoms with van der Waals surface area (Å²) in [6.07, 6.45) is -9.70. The van der Waals surface area contributed by atoms with Crippen LogP contribution in [0.1, 0.15) is 31.8 Å². The van der Waals surface area contributed by atoms with Gasteiger partial charge in [-0.2, -0.15) is 26.3 Å². The largest absolute Gasteiger partial charge is 0.490 e. The summed E-state index contributed by atoms with van der Waals surface area (Å²) in [5.41, 5.74) is -5.33. The monoisotopic (exact) mass is 542 g/mol. The second-order valence-corrected chi connectivity index (χ2v) is 7.22. The minimum Gasteiger partial charge on any atom is -0.490 e. The fourth-order valence-corrected chi connectivity index (χ4v) is 3.16. The molecule has 2 aromatic rings. The number of carboxylic acid groups (broad SMARTS) is 1. The van der Waals surface area contributed by atoms with Gasteiger partial charge >= 0.3 is 24.0 Å². The van der Waals surface area contributed by atoms with Crippen LogP contribution in [0.2, 0.25) is 0 Å². The number of morpholine rings is 1. The number of benzene rings is 2. The molecule has 0 saturated carbocycles. The van der Waals surface area contributed by atoms with Gasteiger partial charge in [-0.3, -0.25) is 14.9 Å². The number of carbonyl (C=O) groups excluding carboxylic acids is 1. The van der Waals surface area contributed by atoms with E-state index in [1.54, 1.807) is 0 Å². The average Bonchev–Trinajstić information content (AvgIpc) is 2.82. The van der Waals surface area contributed by atoms with E-state index in [2.05, 4.69) is 0 Å². The summed E-state index contributed by atoms with van der Waals surface area (Å²) in [4.78, 5) is 33.8. The molecule has 0 unspecified atom stereocenters. The highest BCUT2D eigenvalue weighted by atomic mass is 19.4. The smallest absolute Gasteiger partial charge is 0.417 e. The number of nitro groups is 1. The zero-order valence-electron chi connectivity index (χ0n) is 18.7. The van der Waals surface area contributed by atoms with Gasteiger partial charge in [-0.05, 0) is 18.2 Å². The van der Waals surface area contributed by atoms with E-state index < -0.39 is 68.7 Å². The molecule has 3 rings (SSSR count). The Morgan fingerprint density at radius 1 is 1.00 bits per heavy atom. The Kier molecular flexibility index (Phi) is 9.03. The number of aromatic carboxylic acids is 1. The van der Waals surface area contributed by atoms with Crippen molar-refractivity contribution in [2.75, 3.05) is 33.4 Å². The van der Waals surface area contributed by atoms with Gasteiger partial charge in [0.1, 0.15) is 5.82 Å². The SMILES string of the molecule is COc1cc(C(=O)N2CCOCC2)c(C(F)(F)F)cc1[N+](=O)[O-].O=C(O)c1cc(F)ccc1C(F)(F)F. The molecule has 1 N–H and O–H groups in total. The van der Waals surface area contributed by atoms with Crippen molar-refractivity contribution < 1.29 is 59.8 Å². The highest BCUT2D eigenvalue weighted by molar-refractivity contribution is 5.97. The Hall–Kier alpha value is -3.95. The molecular formula is C21H17F7N2O7. The first-order valence-electron chi connectivity index (χ1n) is 9.98.